The monoisotopic (exact) mass is 276 g/mol. The van der Waals surface area contributed by atoms with E-state index in [1.807, 2.05) is 29.7 Å². The smallest absolute Gasteiger partial charge is 0.0625 e. The first-order chi connectivity index (χ1) is 6.76. The van der Waals surface area contributed by atoms with Gasteiger partial charge in [0.15, 0.2) is 0 Å². The summed E-state index contributed by atoms with van der Waals surface area (Å²) in [6.45, 7) is 2.24. The largest absolute Gasteiger partial charge is 0.275 e. The normalized spacial score (nSPS) is 13.1. The van der Waals surface area contributed by atoms with Gasteiger partial charge >= 0.3 is 0 Å². The van der Waals surface area contributed by atoms with Crippen LogP contribution in [-0.4, -0.2) is 20.9 Å². The van der Waals surface area contributed by atoms with Crippen molar-refractivity contribution in [3.05, 3.63) is 12.4 Å². The molecule has 1 unspecified atom stereocenters. The maximum absolute atomic E-state index is 4.15. The molecule has 0 aliphatic heterocycles. The molecule has 0 spiro atoms. The molecule has 0 saturated carbocycles. The summed E-state index contributed by atoms with van der Waals surface area (Å²) in [5.41, 5.74) is 0. The number of halogens is 1. The van der Waals surface area contributed by atoms with Crippen LogP contribution in [0, 0.1) is 5.92 Å². The predicted octanol–water partition coefficient (Wildman–Crippen LogP) is 3.32. The highest BCUT2D eigenvalue weighted by Crippen LogP contribution is 2.23. The maximum atomic E-state index is 4.15. The summed E-state index contributed by atoms with van der Waals surface area (Å²) in [6.07, 6.45) is 6.58. The Bertz CT molecular complexity index is 262. The molecule has 1 heterocycles. The van der Waals surface area contributed by atoms with Crippen molar-refractivity contribution in [2.75, 3.05) is 11.1 Å². The molecule has 0 fully saturated rings. The van der Waals surface area contributed by atoms with Gasteiger partial charge in [0.05, 0.1) is 6.20 Å². The molecule has 0 bridgehead atoms. The molecular formula is C10H17BrN2S. The first kappa shape index (κ1) is 12.1. The topological polar surface area (TPSA) is 17.8 Å². The van der Waals surface area contributed by atoms with E-state index in [0.29, 0.717) is 0 Å². The lowest BCUT2D eigenvalue weighted by molar-refractivity contribution is 0.597. The minimum absolute atomic E-state index is 0.783. The molecule has 1 atom stereocenters. The van der Waals surface area contributed by atoms with Crippen molar-refractivity contribution >= 4 is 27.7 Å². The van der Waals surface area contributed by atoms with Crippen LogP contribution in [0.3, 0.4) is 0 Å². The van der Waals surface area contributed by atoms with Crippen LogP contribution in [0.1, 0.15) is 19.8 Å². The summed E-state index contributed by atoms with van der Waals surface area (Å²) in [7, 11) is 1.96. The van der Waals surface area contributed by atoms with Crippen molar-refractivity contribution < 1.29 is 0 Å². The zero-order valence-electron chi connectivity index (χ0n) is 8.74. The molecular weight excluding hydrogens is 260 g/mol. The lowest BCUT2D eigenvalue weighted by Gasteiger charge is -2.10. The number of thioether (sulfide) groups is 1. The fourth-order valence-corrected chi connectivity index (χ4v) is 3.22. The molecule has 1 rings (SSSR count). The molecule has 0 aromatic carbocycles. The lowest BCUT2D eigenvalue weighted by atomic mass is 10.1. The van der Waals surface area contributed by atoms with Gasteiger partial charge in [0.2, 0.25) is 0 Å². The molecule has 0 aliphatic carbocycles. The van der Waals surface area contributed by atoms with E-state index in [-0.39, 0.29) is 0 Å². The number of aryl methyl sites for hydroxylation is 1. The molecule has 1 aromatic heterocycles. The molecule has 0 N–H and O–H groups in total. The van der Waals surface area contributed by atoms with Gasteiger partial charge in [-0.15, -0.1) is 11.8 Å². The Morgan fingerprint density at radius 3 is 2.93 bits per heavy atom. The third-order valence-electron chi connectivity index (χ3n) is 2.08. The second-order valence-corrected chi connectivity index (χ2v) is 5.21. The van der Waals surface area contributed by atoms with E-state index in [1.54, 1.807) is 0 Å². The van der Waals surface area contributed by atoms with E-state index >= 15 is 0 Å². The van der Waals surface area contributed by atoms with E-state index in [2.05, 4.69) is 34.1 Å². The number of hydrogen-bond donors (Lipinski definition) is 0. The van der Waals surface area contributed by atoms with Crippen molar-refractivity contribution in [1.82, 2.24) is 9.78 Å². The van der Waals surface area contributed by atoms with Gasteiger partial charge in [-0.05, 0) is 12.3 Å². The highest BCUT2D eigenvalue weighted by atomic mass is 79.9. The Kier molecular flexibility index (Phi) is 5.63. The van der Waals surface area contributed by atoms with Gasteiger partial charge in [-0.25, -0.2) is 0 Å². The summed E-state index contributed by atoms with van der Waals surface area (Å²) in [6, 6.07) is 0. The lowest BCUT2D eigenvalue weighted by Crippen LogP contribution is -2.04. The van der Waals surface area contributed by atoms with Crippen LogP contribution in [0.5, 0.6) is 0 Å². The van der Waals surface area contributed by atoms with Gasteiger partial charge < -0.3 is 0 Å². The molecule has 14 heavy (non-hydrogen) atoms. The Morgan fingerprint density at radius 2 is 2.43 bits per heavy atom. The highest BCUT2D eigenvalue weighted by Gasteiger charge is 2.07. The molecule has 1 aromatic rings. The number of nitrogens with zero attached hydrogens (tertiary/aromatic N) is 2. The second-order valence-electron chi connectivity index (χ2n) is 3.47. The Morgan fingerprint density at radius 1 is 1.64 bits per heavy atom. The molecule has 4 heteroatoms. The SMILES string of the molecule is CCCC(CBr)CSc1cnn(C)c1. The third-order valence-corrected chi connectivity index (χ3v) is 4.18. The molecule has 2 nitrogen and oxygen atoms in total. The predicted molar refractivity (Wildman–Crippen MR) is 66.1 cm³/mol. The first-order valence-electron chi connectivity index (χ1n) is 4.93. The average molecular weight is 277 g/mol. The van der Waals surface area contributed by atoms with Gasteiger partial charge in [-0.1, -0.05) is 29.3 Å². The van der Waals surface area contributed by atoms with Crippen LogP contribution in [0.25, 0.3) is 0 Å². The van der Waals surface area contributed by atoms with Gasteiger partial charge in [-0.2, -0.15) is 5.10 Å². The zero-order chi connectivity index (χ0) is 10.4. The van der Waals surface area contributed by atoms with Crippen LogP contribution >= 0.6 is 27.7 Å². The Balaban J connectivity index is 2.31. The molecule has 0 aliphatic rings. The Hall–Kier alpha value is 0.0400. The molecule has 0 saturated heterocycles. The van der Waals surface area contributed by atoms with E-state index in [0.717, 1.165) is 11.2 Å². The third kappa shape index (κ3) is 4.05. The standard InChI is InChI=1S/C10H17BrN2S/c1-3-4-9(5-11)8-14-10-6-12-13(2)7-10/h6-7,9H,3-5,8H2,1-2H3. The number of alkyl halides is 1. The highest BCUT2D eigenvalue weighted by molar-refractivity contribution is 9.09. The van der Waals surface area contributed by atoms with Crippen LogP contribution in [0.15, 0.2) is 17.3 Å². The van der Waals surface area contributed by atoms with E-state index in [1.165, 1.54) is 23.5 Å². The van der Waals surface area contributed by atoms with Crippen LogP contribution in [0.2, 0.25) is 0 Å². The minimum Gasteiger partial charge on any atom is -0.275 e. The van der Waals surface area contributed by atoms with Crippen molar-refractivity contribution in [3.63, 3.8) is 0 Å². The zero-order valence-corrected chi connectivity index (χ0v) is 11.1. The van der Waals surface area contributed by atoms with Crippen LogP contribution in [-0.2, 0) is 7.05 Å². The summed E-state index contributed by atoms with van der Waals surface area (Å²) in [5.74, 6) is 1.97. The van der Waals surface area contributed by atoms with Crippen molar-refractivity contribution in [1.29, 1.82) is 0 Å². The molecule has 0 radical (unpaired) electrons. The van der Waals surface area contributed by atoms with Gasteiger partial charge in [0.1, 0.15) is 0 Å². The fraction of sp³-hybridized carbons (Fsp3) is 0.700. The average Bonchev–Trinajstić information content (AvgIpc) is 2.59. The van der Waals surface area contributed by atoms with Gasteiger partial charge in [0.25, 0.3) is 0 Å². The quantitative estimate of drug-likeness (QED) is 0.586. The second kappa shape index (κ2) is 6.51. The number of hydrogen-bond acceptors (Lipinski definition) is 2. The first-order valence-corrected chi connectivity index (χ1v) is 7.04. The van der Waals surface area contributed by atoms with Crippen molar-refractivity contribution in [3.8, 4) is 0 Å². The number of aromatic nitrogens is 2. The maximum Gasteiger partial charge on any atom is 0.0625 e. The number of rotatable bonds is 6. The summed E-state index contributed by atoms with van der Waals surface area (Å²) in [4.78, 5) is 1.27. The fourth-order valence-electron chi connectivity index (χ4n) is 1.30. The van der Waals surface area contributed by atoms with E-state index < -0.39 is 0 Å². The van der Waals surface area contributed by atoms with Crippen molar-refractivity contribution in [2.24, 2.45) is 13.0 Å². The van der Waals surface area contributed by atoms with Gasteiger partial charge in [0, 0.05) is 29.2 Å². The molecule has 80 valence electrons. The van der Waals surface area contributed by atoms with E-state index in [9.17, 15) is 0 Å². The van der Waals surface area contributed by atoms with Crippen LogP contribution in [0.4, 0.5) is 0 Å². The van der Waals surface area contributed by atoms with Gasteiger partial charge in [-0.3, -0.25) is 4.68 Å². The van der Waals surface area contributed by atoms with Crippen LogP contribution < -0.4 is 0 Å². The van der Waals surface area contributed by atoms with Crippen molar-refractivity contribution in [2.45, 2.75) is 24.7 Å². The molecule has 0 amide bonds. The summed E-state index contributed by atoms with van der Waals surface area (Å²) in [5, 5.41) is 5.26. The van der Waals surface area contributed by atoms with E-state index in [4.69, 9.17) is 0 Å². The Labute approximate surface area is 98.6 Å². The summed E-state index contributed by atoms with van der Waals surface area (Å²) >= 11 is 5.46. The minimum atomic E-state index is 0.783. The summed E-state index contributed by atoms with van der Waals surface area (Å²) < 4.78 is 1.85.